The summed E-state index contributed by atoms with van der Waals surface area (Å²) in [6, 6.07) is 5.07. The highest BCUT2D eigenvalue weighted by Gasteiger charge is 2.43. The molecule has 3 amide bonds. The molecule has 0 radical (unpaired) electrons. The first-order valence-corrected chi connectivity index (χ1v) is 10.6. The molecular weight excluding hydrogens is 394 g/mol. The lowest BCUT2D eigenvalue weighted by molar-refractivity contribution is -0.141. The Kier molecular flexibility index (Phi) is 5.42. The van der Waals surface area contributed by atoms with Gasteiger partial charge < -0.3 is 20.7 Å². The molecule has 2 aliphatic heterocycles. The summed E-state index contributed by atoms with van der Waals surface area (Å²) in [5, 5.41) is 3.43. The fourth-order valence-corrected chi connectivity index (χ4v) is 4.88. The zero-order chi connectivity index (χ0) is 20.6. The standard InChI is InChI=1S/C21H26ClN3O4/c22-15-3-4-17-16(10-15)19(27)24-12-21(29-17)7-5-13(6-8-21)20(28)25-9-1-2-14(11-25)18(23)26/h3-4,10,13-14H,1-2,5-9,11-12H2,(H2,23,26)(H,24,27). The van der Waals surface area contributed by atoms with Gasteiger partial charge in [-0.3, -0.25) is 14.4 Å². The Balaban J connectivity index is 1.42. The molecule has 1 atom stereocenters. The normalized spacial score (nSPS) is 29.4. The van der Waals surface area contributed by atoms with E-state index in [0.717, 1.165) is 12.8 Å². The Morgan fingerprint density at radius 3 is 2.69 bits per heavy atom. The lowest BCUT2D eigenvalue weighted by atomic mass is 9.77. The van der Waals surface area contributed by atoms with E-state index in [2.05, 4.69) is 5.32 Å². The number of likely N-dealkylation sites (tertiary alicyclic amines) is 1. The largest absolute Gasteiger partial charge is 0.485 e. The molecule has 0 bridgehead atoms. The number of rotatable bonds is 2. The van der Waals surface area contributed by atoms with Gasteiger partial charge in [0.15, 0.2) is 0 Å². The monoisotopic (exact) mass is 419 g/mol. The van der Waals surface area contributed by atoms with Gasteiger partial charge in [-0.25, -0.2) is 0 Å². The summed E-state index contributed by atoms with van der Waals surface area (Å²) in [5.74, 6) is -0.203. The van der Waals surface area contributed by atoms with E-state index in [4.69, 9.17) is 22.1 Å². The average Bonchev–Trinajstić information content (AvgIpc) is 2.85. The summed E-state index contributed by atoms with van der Waals surface area (Å²) >= 11 is 6.02. The molecule has 3 N–H and O–H groups in total. The third-order valence-electron chi connectivity index (χ3n) is 6.47. The topological polar surface area (TPSA) is 102 Å². The van der Waals surface area contributed by atoms with Crippen molar-refractivity contribution in [1.82, 2.24) is 10.2 Å². The van der Waals surface area contributed by atoms with E-state index in [0.29, 0.717) is 61.7 Å². The number of nitrogens with one attached hydrogen (secondary N) is 1. The third-order valence-corrected chi connectivity index (χ3v) is 6.70. The number of hydrogen-bond donors (Lipinski definition) is 2. The second-order valence-corrected chi connectivity index (χ2v) is 8.84. The number of amides is 3. The van der Waals surface area contributed by atoms with Gasteiger partial charge in [-0.1, -0.05) is 11.6 Å². The van der Waals surface area contributed by atoms with Crippen LogP contribution in [0.1, 0.15) is 48.9 Å². The Bertz CT molecular complexity index is 835. The maximum atomic E-state index is 13.0. The third kappa shape index (κ3) is 4.06. The number of fused-ring (bicyclic) bond motifs is 1. The molecule has 8 heteroatoms. The number of piperidine rings is 1. The van der Waals surface area contributed by atoms with Crippen LogP contribution in [0.15, 0.2) is 18.2 Å². The van der Waals surface area contributed by atoms with Crippen molar-refractivity contribution in [3.8, 4) is 5.75 Å². The summed E-state index contributed by atoms with van der Waals surface area (Å²) in [4.78, 5) is 38.7. The molecule has 1 saturated carbocycles. The molecule has 29 heavy (non-hydrogen) atoms. The highest BCUT2D eigenvalue weighted by molar-refractivity contribution is 6.31. The zero-order valence-corrected chi connectivity index (χ0v) is 17.0. The van der Waals surface area contributed by atoms with Crippen LogP contribution in [0, 0.1) is 11.8 Å². The molecule has 2 fully saturated rings. The molecule has 1 spiro atoms. The van der Waals surface area contributed by atoms with E-state index in [1.165, 1.54) is 0 Å². The van der Waals surface area contributed by atoms with Gasteiger partial charge >= 0.3 is 0 Å². The molecule has 1 aromatic rings. The molecule has 1 aliphatic carbocycles. The highest BCUT2D eigenvalue weighted by atomic mass is 35.5. The molecule has 1 unspecified atom stereocenters. The highest BCUT2D eigenvalue weighted by Crippen LogP contribution is 2.39. The van der Waals surface area contributed by atoms with Crippen LogP contribution in [0.4, 0.5) is 0 Å². The first-order valence-electron chi connectivity index (χ1n) is 10.2. The zero-order valence-electron chi connectivity index (χ0n) is 16.3. The van der Waals surface area contributed by atoms with Gasteiger partial charge in [0, 0.05) is 24.0 Å². The van der Waals surface area contributed by atoms with E-state index in [9.17, 15) is 14.4 Å². The Labute approximate surface area is 174 Å². The van der Waals surface area contributed by atoms with Crippen molar-refractivity contribution in [2.24, 2.45) is 17.6 Å². The van der Waals surface area contributed by atoms with Crippen molar-refractivity contribution in [1.29, 1.82) is 0 Å². The number of nitrogens with two attached hydrogens (primary N) is 1. The Hall–Kier alpha value is -2.28. The second-order valence-electron chi connectivity index (χ2n) is 8.41. The van der Waals surface area contributed by atoms with E-state index >= 15 is 0 Å². The summed E-state index contributed by atoms with van der Waals surface area (Å²) in [6.07, 6.45) is 4.30. The number of nitrogens with zero attached hydrogens (tertiary/aromatic N) is 1. The number of halogens is 1. The first-order chi connectivity index (χ1) is 13.9. The van der Waals surface area contributed by atoms with Crippen LogP contribution in [-0.4, -0.2) is 47.9 Å². The number of ether oxygens (including phenoxy) is 1. The molecule has 1 aromatic carbocycles. The van der Waals surface area contributed by atoms with Gasteiger partial charge in [0.05, 0.1) is 18.0 Å². The van der Waals surface area contributed by atoms with E-state index in [-0.39, 0.29) is 29.6 Å². The van der Waals surface area contributed by atoms with E-state index in [1.54, 1.807) is 23.1 Å². The maximum Gasteiger partial charge on any atom is 0.255 e. The van der Waals surface area contributed by atoms with Gasteiger partial charge in [0.2, 0.25) is 11.8 Å². The van der Waals surface area contributed by atoms with Crippen molar-refractivity contribution in [3.63, 3.8) is 0 Å². The molecule has 3 aliphatic rings. The first kappa shape index (κ1) is 20.0. The molecule has 156 valence electrons. The predicted octanol–water partition coefficient (Wildman–Crippen LogP) is 2.12. The van der Waals surface area contributed by atoms with Crippen LogP contribution in [0.25, 0.3) is 0 Å². The van der Waals surface area contributed by atoms with Crippen LogP contribution in [0.5, 0.6) is 5.75 Å². The molecule has 2 heterocycles. The molecule has 4 rings (SSSR count). The summed E-state index contributed by atoms with van der Waals surface area (Å²) in [7, 11) is 0. The number of hydrogen-bond acceptors (Lipinski definition) is 4. The minimum absolute atomic E-state index is 0.0838. The lowest BCUT2D eigenvalue weighted by Gasteiger charge is -2.41. The van der Waals surface area contributed by atoms with Crippen molar-refractivity contribution >= 4 is 29.3 Å². The smallest absolute Gasteiger partial charge is 0.255 e. The second kappa shape index (κ2) is 7.86. The molecule has 7 nitrogen and oxygen atoms in total. The van der Waals surface area contributed by atoms with Gasteiger partial charge in [-0.2, -0.15) is 0 Å². The van der Waals surface area contributed by atoms with E-state index < -0.39 is 5.60 Å². The van der Waals surface area contributed by atoms with Gasteiger partial charge in [-0.05, 0) is 56.7 Å². The van der Waals surface area contributed by atoms with Gasteiger partial charge in [0.25, 0.3) is 5.91 Å². The van der Waals surface area contributed by atoms with E-state index in [1.807, 2.05) is 0 Å². The Morgan fingerprint density at radius 1 is 1.21 bits per heavy atom. The van der Waals surface area contributed by atoms with Crippen molar-refractivity contribution in [2.45, 2.75) is 44.1 Å². The fourth-order valence-electron chi connectivity index (χ4n) is 4.71. The minimum atomic E-state index is -0.511. The minimum Gasteiger partial charge on any atom is -0.485 e. The van der Waals surface area contributed by atoms with Gasteiger partial charge in [-0.15, -0.1) is 0 Å². The van der Waals surface area contributed by atoms with Crippen molar-refractivity contribution < 1.29 is 19.1 Å². The van der Waals surface area contributed by atoms with Crippen LogP contribution in [0.3, 0.4) is 0 Å². The molecule has 0 aromatic heterocycles. The molecule has 1 saturated heterocycles. The van der Waals surface area contributed by atoms with Crippen LogP contribution >= 0.6 is 11.6 Å². The molecular formula is C21H26ClN3O4. The number of primary amides is 1. The van der Waals surface area contributed by atoms with Crippen molar-refractivity contribution in [2.75, 3.05) is 19.6 Å². The number of carbonyl (C=O) groups is 3. The maximum absolute atomic E-state index is 13.0. The van der Waals surface area contributed by atoms with Crippen LogP contribution < -0.4 is 15.8 Å². The quantitative estimate of drug-likeness (QED) is 0.766. The summed E-state index contributed by atoms with van der Waals surface area (Å²) in [5.41, 5.74) is 5.37. The lowest BCUT2D eigenvalue weighted by Crippen LogP contribution is -2.51. The van der Waals surface area contributed by atoms with Crippen LogP contribution in [-0.2, 0) is 9.59 Å². The number of benzene rings is 1. The van der Waals surface area contributed by atoms with Crippen LogP contribution in [0.2, 0.25) is 5.02 Å². The fraction of sp³-hybridized carbons (Fsp3) is 0.571. The number of carbonyl (C=O) groups excluding carboxylic acids is 3. The average molecular weight is 420 g/mol. The summed E-state index contributed by atoms with van der Waals surface area (Å²) < 4.78 is 6.30. The SMILES string of the molecule is NC(=O)C1CCCN(C(=O)C2CCC3(CC2)CNC(=O)c2cc(Cl)ccc2O3)C1. The van der Waals surface area contributed by atoms with Gasteiger partial charge in [0.1, 0.15) is 11.4 Å². The summed E-state index contributed by atoms with van der Waals surface area (Å²) in [6.45, 7) is 1.52. The Morgan fingerprint density at radius 2 is 1.97 bits per heavy atom. The van der Waals surface area contributed by atoms with Crippen molar-refractivity contribution in [3.05, 3.63) is 28.8 Å². The predicted molar refractivity (Wildman–Crippen MR) is 108 cm³/mol.